The molecule has 13 heteroatoms. The molecule has 0 saturated carbocycles. The number of halogens is 1. The van der Waals surface area contributed by atoms with E-state index in [9.17, 15) is 22.8 Å². The topological polar surface area (TPSA) is 110 Å². The maximum absolute atomic E-state index is 13.4. The Balaban J connectivity index is 1.18. The number of hydrogen-bond donors (Lipinski definition) is 1. The van der Waals surface area contributed by atoms with Gasteiger partial charge in [0.2, 0.25) is 17.7 Å². The SMILES string of the molecule is CC(=O)N(C)C1CCN(CC2CCCN2C(=O)CN2CCCC(NS(=O)(=O)c3cc4cc(Cl)ccc4s3)C2=O)C1. The summed E-state index contributed by atoms with van der Waals surface area (Å²) in [6.45, 7) is 5.05. The Morgan fingerprint density at radius 1 is 1.12 bits per heavy atom. The number of piperidine rings is 1. The summed E-state index contributed by atoms with van der Waals surface area (Å²) in [7, 11) is -2.08. The van der Waals surface area contributed by atoms with E-state index in [1.807, 2.05) is 11.9 Å². The molecule has 4 heterocycles. The van der Waals surface area contributed by atoms with Crippen LogP contribution in [-0.4, -0.2) is 110 Å². The van der Waals surface area contributed by atoms with Gasteiger partial charge in [-0.25, -0.2) is 8.42 Å². The van der Waals surface area contributed by atoms with Crippen molar-refractivity contribution in [3.8, 4) is 0 Å². The number of nitrogens with zero attached hydrogens (tertiary/aromatic N) is 4. The van der Waals surface area contributed by atoms with Crippen LogP contribution < -0.4 is 4.72 Å². The number of nitrogens with one attached hydrogen (secondary N) is 1. The van der Waals surface area contributed by atoms with Gasteiger partial charge in [0.15, 0.2) is 0 Å². The quantitative estimate of drug-likeness (QED) is 0.492. The van der Waals surface area contributed by atoms with Gasteiger partial charge in [0.25, 0.3) is 10.0 Å². The molecule has 1 N–H and O–H groups in total. The normalized spacial score (nSPS) is 24.3. The molecule has 218 valence electrons. The predicted molar refractivity (Wildman–Crippen MR) is 155 cm³/mol. The number of amides is 3. The van der Waals surface area contributed by atoms with Crippen LogP contribution in [0.1, 0.15) is 39.0 Å². The zero-order valence-corrected chi connectivity index (χ0v) is 25.2. The van der Waals surface area contributed by atoms with Crippen molar-refractivity contribution in [2.45, 2.75) is 61.4 Å². The highest BCUT2D eigenvalue weighted by Crippen LogP contribution is 2.31. The molecular weight excluding hydrogens is 574 g/mol. The third kappa shape index (κ3) is 6.30. The van der Waals surface area contributed by atoms with Gasteiger partial charge in [-0.1, -0.05) is 11.6 Å². The van der Waals surface area contributed by atoms with E-state index < -0.39 is 16.1 Å². The van der Waals surface area contributed by atoms with Gasteiger partial charge in [-0.2, -0.15) is 4.72 Å². The number of hydrogen-bond acceptors (Lipinski definition) is 7. The second kappa shape index (κ2) is 11.9. The Morgan fingerprint density at radius 3 is 2.67 bits per heavy atom. The van der Waals surface area contributed by atoms with Crippen LogP contribution in [0.5, 0.6) is 0 Å². The molecule has 3 aliphatic rings. The number of sulfonamides is 1. The summed E-state index contributed by atoms with van der Waals surface area (Å²) >= 11 is 7.17. The van der Waals surface area contributed by atoms with Gasteiger partial charge in [-0.05, 0) is 61.8 Å². The van der Waals surface area contributed by atoms with E-state index in [2.05, 4.69) is 9.62 Å². The van der Waals surface area contributed by atoms with Gasteiger partial charge in [-0.3, -0.25) is 19.3 Å². The predicted octanol–water partition coefficient (Wildman–Crippen LogP) is 2.37. The lowest BCUT2D eigenvalue weighted by molar-refractivity contribution is -0.143. The molecule has 10 nitrogen and oxygen atoms in total. The Kier molecular flexibility index (Phi) is 8.72. The first-order valence-corrected chi connectivity index (χ1v) is 16.4. The zero-order valence-electron chi connectivity index (χ0n) is 22.8. The van der Waals surface area contributed by atoms with Crippen LogP contribution in [0.2, 0.25) is 5.02 Å². The Labute approximate surface area is 244 Å². The van der Waals surface area contributed by atoms with Crippen LogP contribution >= 0.6 is 22.9 Å². The number of fused-ring (bicyclic) bond motifs is 1. The fraction of sp³-hybridized carbons (Fsp3) is 0.593. The molecule has 2 aromatic rings. The molecule has 5 rings (SSSR count). The Hall–Kier alpha value is -2.25. The molecule has 0 radical (unpaired) electrons. The number of thiophene rings is 1. The summed E-state index contributed by atoms with van der Waals surface area (Å²) in [5.74, 6) is -0.403. The van der Waals surface area contributed by atoms with E-state index in [-0.39, 0.29) is 40.6 Å². The minimum absolute atomic E-state index is 0.0509. The van der Waals surface area contributed by atoms with Crippen LogP contribution in [0.15, 0.2) is 28.5 Å². The summed E-state index contributed by atoms with van der Waals surface area (Å²) < 4.78 is 29.8. The number of likely N-dealkylation sites (tertiary alicyclic amines) is 3. The van der Waals surface area contributed by atoms with E-state index >= 15 is 0 Å². The molecule has 3 fully saturated rings. The standard InChI is InChI=1S/C27H36ClN5O5S2/c1-18(34)30(2)21-9-12-31(15-21)16-22-5-3-11-33(22)25(35)17-32-10-4-6-23(27(32)36)29-40(37,38)26-14-19-13-20(28)7-8-24(19)39-26/h7-8,13-14,21-23,29H,3-6,9-12,15-17H2,1-2H3. The minimum Gasteiger partial charge on any atom is -0.342 e. The number of rotatable bonds is 8. The first-order chi connectivity index (χ1) is 19.0. The smallest absolute Gasteiger partial charge is 0.250 e. The fourth-order valence-electron chi connectivity index (χ4n) is 6.03. The van der Waals surface area contributed by atoms with Gasteiger partial charge in [0.1, 0.15) is 10.3 Å². The first kappa shape index (κ1) is 29.2. The number of carbonyl (C=O) groups is 3. The molecule has 3 amide bonds. The van der Waals surface area contributed by atoms with Crippen LogP contribution in [0.3, 0.4) is 0 Å². The second-order valence-electron chi connectivity index (χ2n) is 11.0. The Morgan fingerprint density at radius 2 is 1.90 bits per heavy atom. The summed E-state index contributed by atoms with van der Waals surface area (Å²) in [6.07, 6.45) is 3.74. The molecule has 1 aromatic heterocycles. The average molecular weight is 610 g/mol. The molecule has 3 aliphatic heterocycles. The first-order valence-electron chi connectivity index (χ1n) is 13.8. The maximum Gasteiger partial charge on any atom is 0.250 e. The highest BCUT2D eigenvalue weighted by molar-refractivity contribution is 7.91. The van der Waals surface area contributed by atoms with Gasteiger partial charge < -0.3 is 14.7 Å². The van der Waals surface area contributed by atoms with Crippen molar-refractivity contribution < 1.29 is 22.8 Å². The third-order valence-corrected chi connectivity index (χ3v) is 11.6. The molecular formula is C27H36ClN5O5S2. The van der Waals surface area contributed by atoms with E-state index in [1.165, 1.54) is 4.90 Å². The summed E-state index contributed by atoms with van der Waals surface area (Å²) in [5.41, 5.74) is 0. The zero-order chi connectivity index (χ0) is 28.6. The highest BCUT2D eigenvalue weighted by Gasteiger charge is 2.37. The maximum atomic E-state index is 13.4. The number of benzene rings is 1. The van der Waals surface area contributed by atoms with E-state index in [0.717, 1.165) is 60.3 Å². The van der Waals surface area contributed by atoms with Crippen molar-refractivity contribution in [1.29, 1.82) is 0 Å². The number of carbonyl (C=O) groups excluding carboxylic acids is 3. The van der Waals surface area contributed by atoms with Crippen LogP contribution in [0.25, 0.3) is 10.1 Å². The number of likely N-dealkylation sites (N-methyl/N-ethyl adjacent to an activating group) is 1. The summed E-state index contributed by atoms with van der Waals surface area (Å²) in [4.78, 5) is 45.9. The molecule has 3 unspecified atom stereocenters. The average Bonchev–Trinajstić information content (AvgIpc) is 3.66. The lowest BCUT2D eigenvalue weighted by Gasteiger charge is -2.35. The molecule has 1 aromatic carbocycles. The van der Waals surface area contributed by atoms with E-state index in [0.29, 0.717) is 31.0 Å². The van der Waals surface area contributed by atoms with Crippen molar-refractivity contribution in [2.75, 3.05) is 46.3 Å². The van der Waals surface area contributed by atoms with Crippen LogP contribution in [-0.2, 0) is 24.4 Å². The fourth-order valence-corrected chi connectivity index (χ4v) is 8.83. The van der Waals surface area contributed by atoms with E-state index in [4.69, 9.17) is 11.6 Å². The highest BCUT2D eigenvalue weighted by atomic mass is 35.5. The molecule has 3 atom stereocenters. The van der Waals surface area contributed by atoms with Crippen LogP contribution in [0.4, 0.5) is 0 Å². The van der Waals surface area contributed by atoms with Gasteiger partial charge >= 0.3 is 0 Å². The minimum atomic E-state index is -3.92. The molecule has 0 bridgehead atoms. The molecule has 0 spiro atoms. The van der Waals surface area contributed by atoms with E-state index in [1.54, 1.807) is 36.1 Å². The van der Waals surface area contributed by atoms with Crippen molar-refractivity contribution in [2.24, 2.45) is 0 Å². The van der Waals surface area contributed by atoms with Crippen molar-refractivity contribution in [3.63, 3.8) is 0 Å². The molecule has 3 saturated heterocycles. The van der Waals surface area contributed by atoms with Gasteiger partial charge in [0.05, 0.1) is 6.54 Å². The second-order valence-corrected chi connectivity index (χ2v) is 14.5. The van der Waals surface area contributed by atoms with Crippen LogP contribution in [0, 0.1) is 0 Å². The lowest BCUT2D eigenvalue weighted by Crippen LogP contribution is -2.55. The summed E-state index contributed by atoms with van der Waals surface area (Å²) in [6, 6.07) is 6.13. The van der Waals surface area contributed by atoms with Crippen molar-refractivity contribution in [3.05, 3.63) is 29.3 Å². The lowest BCUT2D eigenvalue weighted by atomic mass is 10.1. The van der Waals surface area contributed by atoms with Gasteiger partial charge in [0, 0.05) is 68.5 Å². The molecule has 0 aliphatic carbocycles. The monoisotopic (exact) mass is 609 g/mol. The molecule has 40 heavy (non-hydrogen) atoms. The largest absolute Gasteiger partial charge is 0.342 e. The Bertz CT molecular complexity index is 1400. The van der Waals surface area contributed by atoms with Crippen molar-refractivity contribution >= 4 is 60.8 Å². The van der Waals surface area contributed by atoms with Crippen molar-refractivity contribution in [1.82, 2.24) is 24.3 Å². The van der Waals surface area contributed by atoms with Gasteiger partial charge in [-0.15, -0.1) is 11.3 Å². The summed E-state index contributed by atoms with van der Waals surface area (Å²) in [5, 5.41) is 1.26. The third-order valence-electron chi connectivity index (χ3n) is 8.33.